The number of unbranched alkanes of at least 4 members (excludes halogenated alkanes) is 8. The second kappa shape index (κ2) is 16.9. The van der Waals surface area contributed by atoms with Crippen molar-refractivity contribution in [1.29, 1.82) is 0 Å². The number of rotatable bonds is 16. The molecule has 1 unspecified atom stereocenters. The summed E-state index contributed by atoms with van der Waals surface area (Å²) < 4.78 is 5.46. The Balaban J connectivity index is 1.95. The Morgan fingerprint density at radius 2 is 1.48 bits per heavy atom. The first kappa shape index (κ1) is 25.0. The average Bonchev–Trinajstić information content (AvgIpc) is 2.71. The first-order valence-electron chi connectivity index (χ1n) is 11.4. The van der Waals surface area contributed by atoms with E-state index in [-0.39, 0.29) is 17.8 Å². The fourth-order valence-electron chi connectivity index (χ4n) is 3.15. The van der Waals surface area contributed by atoms with Crippen LogP contribution in [0.25, 0.3) is 0 Å². The lowest BCUT2D eigenvalue weighted by molar-refractivity contribution is -0.148. The molecular weight excluding hydrogens is 360 g/mol. The highest BCUT2D eigenvalue weighted by Crippen LogP contribution is 2.20. The summed E-state index contributed by atoms with van der Waals surface area (Å²) in [5.41, 5.74) is 0.899. The standard InChI is InChI=1S/C26H40O3/c1-3-4-5-6-7-8-9-10-11-12-13-14-15-16-17-18-26(28)29-23(2)24-19-21-25(27)22-20-24/h7-8,10-11,19-23,27H,3-6,9,12-18H2,1-2H3/b8-7-,11-10-. The minimum absolute atomic E-state index is 0.142. The molecule has 0 aromatic heterocycles. The molecule has 0 amide bonds. The Labute approximate surface area is 177 Å². The lowest BCUT2D eigenvalue weighted by Gasteiger charge is -2.13. The Bertz CT molecular complexity index is 586. The maximum absolute atomic E-state index is 11.9. The number of carbonyl (C=O) groups is 1. The smallest absolute Gasteiger partial charge is 0.306 e. The van der Waals surface area contributed by atoms with Crippen LogP contribution in [0.5, 0.6) is 5.75 Å². The van der Waals surface area contributed by atoms with Crippen LogP contribution in [0.1, 0.15) is 103 Å². The maximum atomic E-state index is 11.9. The zero-order valence-electron chi connectivity index (χ0n) is 18.4. The summed E-state index contributed by atoms with van der Waals surface area (Å²) in [5, 5.41) is 9.31. The van der Waals surface area contributed by atoms with Crippen molar-refractivity contribution in [3.05, 3.63) is 54.1 Å². The molecule has 0 radical (unpaired) electrons. The first-order chi connectivity index (χ1) is 14.1. The maximum Gasteiger partial charge on any atom is 0.306 e. The Kier molecular flexibility index (Phi) is 14.6. The van der Waals surface area contributed by atoms with Gasteiger partial charge >= 0.3 is 5.97 Å². The molecule has 0 aliphatic heterocycles. The number of phenols is 1. The van der Waals surface area contributed by atoms with Gasteiger partial charge in [0.2, 0.25) is 0 Å². The summed E-state index contributed by atoms with van der Waals surface area (Å²) in [7, 11) is 0. The van der Waals surface area contributed by atoms with Gasteiger partial charge in [0, 0.05) is 6.42 Å². The fourth-order valence-corrected chi connectivity index (χ4v) is 3.15. The van der Waals surface area contributed by atoms with E-state index in [0.29, 0.717) is 6.42 Å². The Morgan fingerprint density at radius 3 is 2.14 bits per heavy atom. The van der Waals surface area contributed by atoms with Crippen molar-refractivity contribution in [3.8, 4) is 5.75 Å². The summed E-state index contributed by atoms with van der Waals surface area (Å²) in [4.78, 5) is 11.9. The predicted octanol–water partition coefficient (Wildman–Crippen LogP) is 7.81. The molecule has 1 atom stereocenters. The van der Waals surface area contributed by atoms with Crippen molar-refractivity contribution in [2.45, 2.75) is 97.0 Å². The molecule has 0 bridgehead atoms. The summed E-state index contributed by atoms with van der Waals surface area (Å²) in [5.74, 6) is 0.0775. The molecule has 0 saturated carbocycles. The van der Waals surface area contributed by atoms with Crippen molar-refractivity contribution in [2.75, 3.05) is 0 Å². The van der Waals surface area contributed by atoms with Gasteiger partial charge in [0.25, 0.3) is 0 Å². The molecule has 0 saturated heterocycles. The zero-order chi connectivity index (χ0) is 21.2. The summed E-state index contributed by atoms with van der Waals surface area (Å²) in [6, 6.07) is 6.79. The normalized spacial score (nSPS) is 12.6. The average molecular weight is 401 g/mol. The number of aromatic hydroxyl groups is 1. The molecule has 29 heavy (non-hydrogen) atoms. The number of allylic oxidation sites excluding steroid dienone is 4. The van der Waals surface area contributed by atoms with Gasteiger partial charge in [-0.25, -0.2) is 0 Å². The molecule has 1 N–H and O–H groups in total. The van der Waals surface area contributed by atoms with Gasteiger partial charge in [-0.1, -0.05) is 75.5 Å². The van der Waals surface area contributed by atoms with Crippen LogP contribution >= 0.6 is 0 Å². The van der Waals surface area contributed by atoms with Crippen molar-refractivity contribution < 1.29 is 14.6 Å². The van der Waals surface area contributed by atoms with Gasteiger partial charge in [0.1, 0.15) is 11.9 Å². The predicted molar refractivity (Wildman–Crippen MR) is 122 cm³/mol. The van der Waals surface area contributed by atoms with Crippen molar-refractivity contribution in [2.24, 2.45) is 0 Å². The quantitative estimate of drug-likeness (QED) is 0.175. The second-order valence-corrected chi connectivity index (χ2v) is 7.70. The topological polar surface area (TPSA) is 46.5 Å². The van der Waals surface area contributed by atoms with E-state index in [0.717, 1.165) is 31.2 Å². The molecule has 0 aliphatic rings. The number of phenolic OH excluding ortho intramolecular Hbond substituents is 1. The second-order valence-electron chi connectivity index (χ2n) is 7.70. The van der Waals surface area contributed by atoms with Gasteiger partial charge in [-0.15, -0.1) is 0 Å². The van der Waals surface area contributed by atoms with E-state index < -0.39 is 0 Å². The van der Waals surface area contributed by atoms with Crippen LogP contribution in [-0.2, 0) is 9.53 Å². The molecule has 1 aromatic rings. The molecule has 0 fully saturated rings. The number of esters is 1. The number of hydrogen-bond donors (Lipinski definition) is 1. The zero-order valence-corrected chi connectivity index (χ0v) is 18.4. The molecule has 3 nitrogen and oxygen atoms in total. The number of benzene rings is 1. The molecule has 162 valence electrons. The number of hydrogen-bond acceptors (Lipinski definition) is 3. The summed E-state index contributed by atoms with van der Waals surface area (Å²) in [6.07, 6.45) is 22.3. The Hall–Kier alpha value is -2.03. The van der Waals surface area contributed by atoms with Crippen LogP contribution in [0.2, 0.25) is 0 Å². The van der Waals surface area contributed by atoms with E-state index >= 15 is 0 Å². The van der Waals surface area contributed by atoms with Gasteiger partial charge < -0.3 is 9.84 Å². The molecule has 0 heterocycles. The van der Waals surface area contributed by atoms with E-state index in [1.807, 2.05) is 6.92 Å². The largest absolute Gasteiger partial charge is 0.508 e. The van der Waals surface area contributed by atoms with Crippen LogP contribution < -0.4 is 0 Å². The van der Waals surface area contributed by atoms with Crippen LogP contribution in [-0.4, -0.2) is 11.1 Å². The highest BCUT2D eigenvalue weighted by Gasteiger charge is 2.11. The molecule has 0 spiro atoms. The SMILES string of the molecule is CCCCC/C=C\C/C=C\CCCCCCCC(=O)OC(C)c1ccc(O)cc1. The third-order valence-corrected chi connectivity index (χ3v) is 5.00. The third-order valence-electron chi connectivity index (χ3n) is 5.00. The lowest BCUT2D eigenvalue weighted by atomic mass is 10.1. The van der Waals surface area contributed by atoms with Gasteiger partial charge in [-0.2, -0.15) is 0 Å². The van der Waals surface area contributed by atoms with Gasteiger partial charge in [0.15, 0.2) is 0 Å². The van der Waals surface area contributed by atoms with Crippen molar-refractivity contribution in [1.82, 2.24) is 0 Å². The van der Waals surface area contributed by atoms with E-state index in [1.54, 1.807) is 24.3 Å². The minimum atomic E-state index is -0.277. The molecule has 1 rings (SSSR count). The van der Waals surface area contributed by atoms with E-state index in [4.69, 9.17) is 4.74 Å². The number of ether oxygens (including phenoxy) is 1. The third kappa shape index (κ3) is 13.7. The monoisotopic (exact) mass is 400 g/mol. The number of carbonyl (C=O) groups excluding carboxylic acids is 1. The fraction of sp³-hybridized carbons (Fsp3) is 0.577. The lowest BCUT2D eigenvalue weighted by Crippen LogP contribution is -2.08. The van der Waals surface area contributed by atoms with E-state index in [9.17, 15) is 9.90 Å². The summed E-state index contributed by atoms with van der Waals surface area (Å²) in [6.45, 7) is 4.10. The highest BCUT2D eigenvalue weighted by molar-refractivity contribution is 5.69. The van der Waals surface area contributed by atoms with E-state index in [1.165, 1.54) is 44.9 Å². The van der Waals surface area contributed by atoms with Crippen LogP contribution in [0.4, 0.5) is 0 Å². The first-order valence-corrected chi connectivity index (χ1v) is 11.4. The van der Waals surface area contributed by atoms with Gasteiger partial charge in [-0.05, 0) is 63.1 Å². The molecular formula is C26H40O3. The minimum Gasteiger partial charge on any atom is -0.508 e. The van der Waals surface area contributed by atoms with Crippen LogP contribution in [0.15, 0.2) is 48.6 Å². The highest BCUT2D eigenvalue weighted by atomic mass is 16.5. The van der Waals surface area contributed by atoms with Gasteiger partial charge in [-0.3, -0.25) is 4.79 Å². The summed E-state index contributed by atoms with van der Waals surface area (Å²) >= 11 is 0. The molecule has 3 heteroatoms. The van der Waals surface area contributed by atoms with Crippen LogP contribution in [0, 0.1) is 0 Å². The van der Waals surface area contributed by atoms with Crippen LogP contribution in [0.3, 0.4) is 0 Å². The van der Waals surface area contributed by atoms with E-state index in [2.05, 4.69) is 31.2 Å². The molecule has 0 aliphatic carbocycles. The molecule has 1 aromatic carbocycles. The van der Waals surface area contributed by atoms with Gasteiger partial charge in [0.05, 0.1) is 0 Å². The van der Waals surface area contributed by atoms with Crippen molar-refractivity contribution in [3.63, 3.8) is 0 Å². The van der Waals surface area contributed by atoms with Crippen molar-refractivity contribution >= 4 is 5.97 Å². The Morgan fingerprint density at radius 1 is 0.897 bits per heavy atom.